The Balaban J connectivity index is 1.66. The van der Waals surface area contributed by atoms with Crippen LogP contribution in [0.1, 0.15) is 23.6 Å². The van der Waals surface area contributed by atoms with E-state index in [-0.39, 0.29) is 11.8 Å². The van der Waals surface area contributed by atoms with Gasteiger partial charge in [-0.1, -0.05) is 23.7 Å². The lowest BCUT2D eigenvalue weighted by Crippen LogP contribution is -2.15. The third kappa shape index (κ3) is 2.43. The lowest BCUT2D eigenvalue weighted by molar-refractivity contribution is -0.117. The van der Waals surface area contributed by atoms with Crippen LogP contribution in [0.3, 0.4) is 0 Å². The lowest BCUT2D eigenvalue weighted by atomic mass is 10.1. The minimum absolute atomic E-state index is 0.0516. The highest BCUT2D eigenvalue weighted by molar-refractivity contribution is 6.30. The Bertz CT molecular complexity index is 648. The van der Waals surface area contributed by atoms with Gasteiger partial charge in [-0.3, -0.25) is 9.48 Å². The number of benzene rings is 1. The smallest absolute Gasteiger partial charge is 0.228 e. The summed E-state index contributed by atoms with van der Waals surface area (Å²) in [6.07, 6.45) is 2.58. The highest BCUT2D eigenvalue weighted by Crippen LogP contribution is 2.48. The number of nitrogens with zero attached hydrogens (tertiary/aromatic N) is 2. The van der Waals surface area contributed by atoms with E-state index in [1.807, 2.05) is 38.2 Å². The minimum atomic E-state index is 0.0516. The first-order valence-corrected chi connectivity index (χ1v) is 6.99. The van der Waals surface area contributed by atoms with Crippen LogP contribution in [0, 0.1) is 12.8 Å². The van der Waals surface area contributed by atoms with E-state index in [1.165, 1.54) is 5.56 Å². The minimum Gasteiger partial charge on any atom is -0.323 e. The summed E-state index contributed by atoms with van der Waals surface area (Å²) >= 11 is 5.87. The van der Waals surface area contributed by atoms with Crippen molar-refractivity contribution in [3.05, 3.63) is 46.7 Å². The summed E-state index contributed by atoms with van der Waals surface area (Å²) in [5.74, 6) is 0.432. The fourth-order valence-electron chi connectivity index (χ4n) is 2.41. The number of aromatic nitrogens is 2. The Kier molecular flexibility index (Phi) is 3.26. The zero-order chi connectivity index (χ0) is 14.3. The zero-order valence-electron chi connectivity index (χ0n) is 11.4. The summed E-state index contributed by atoms with van der Waals surface area (Å²) < 4.78 is 1.75. The molecule has 104 valence electrons. The molecule has 2 aromatic rings. The first-order valence-electron chi connectivity index (χ1n) is 6.61. The third-order valence-corrected chi connectivity index (χ3v) is 4.17. The van der Waals surface area contributed by atoms with Gasteiger partial charge in [0, 0.05) is 18.0 Å². The van der Waals surface area contributed by atoms with Crippen molar-refractivity contribution in [3.8, 4) is 0 Å². The van der Waals surface area contributed by atoms with Crippen LogP contribution in [0.4, 0.5) is 5.69 Å². The van der Waals surface area contributed by atoms with Crippen LogP contribution in [-0.4, -0.2) is 15.7 Å². The van der Waals surface area contributed by atoms with E-state index in [1.54, 1.807) is 10.9 Å². The largest absolute Gasteiger partial charge is 0.323 e. The number of rotatable bonds is 3. The molecular weight excluding hydrogens is 274 g/mol. The van der Waals surface area contributed by atoms with Gasteiger partial charge >= 0.3 is 0 Å². The molecule has 0 bridgehead atoms. The number of carbonyl (C=O) groups is 1. The Labute approximate surface area is 122 Å². The average Bonchev–Trinajstić information content (AvgIpc) is 3.17. The second-order valence-corrected chi connectivity index (χ2v) is 5.69. The molecule has 1 aromatic heterocycles. The SMILES string of the molecule is Cc1c(NC(=O)C2CC2c2ccc(Cl)cc2)cnn1C. The molecule has 0 radical (unpaired) electrons. The molecular formula is C15H16ClN3O. The van der Waals surface area contributed by atoms with E-state index in [0.717, 1.165) is 22.8 Å². The first-order chi connectivity index (χ1) is 9.56. The summed E-state index contributed by atoms with van der Waals surface area (Å²) in [7, 11) is 1.86. The normalized spacial score (nSPS) is 20.8. The molecule has 3 rings (SSSR count). The molecule has 2 atom stereocenters. The van der Waals surface area contributed by atoms with E-state index in [4.69, 9.17) is 11.6 Å². The van der Waals surface area contributed by atoms with Crippen molar-refractivity contribution in [2.75, 3.05) is 5.32 Å². The first kappa shape index (κ1) is 13.2. The molecule has 4 nitrogen and oxygen atoms in total. The second kappa shape index (κ2) is 4.94. The van der Waals surface area contributed by atoms with Crippen molar-refractivity contribution in [2.45, 2.75) is 19.3 Å². The molecule has 0 saturated heterocycles. The Morgan fingerprint density at radius 1 is 1.40 bits per heavy atom. The number of aryl methyl sites for hydroxylation is 1. The van der Waals surface area contributed by atoms with Crippen molar-refractivity contribution in [1.82, 2.24) is 9.78 Å². The van der Waals surface area contributed by atoms with Crippen LogP contribution < -0.4 is 5.32 Å². The van der Waals surface area contributed by atoms with Gasteiger partial charge in [-0.2, -0.15) is 5.10 Å². The second-order valence-electron chi connectivity index (χ2n) is 5.26. The van der Waals surface area contributed by atoms with Crippen LogP contribution in [0.5, 0.6) is 0 Å². The number of hydrogen-bond acceptors (Lipinski definition) is 2. The van der Waals surface area contributed by atoms with E-state index in [0.29, 0.717) is 5.92 Å². The molecule has 1 aliphatic carbocycles. The molecule has 5 heteroatoms. The van der Waals surface area contributed by atoms with Crippen LogP contribution in [-0.2, 0) is 11.8 Å². The zero-order valence-corrected chi connectivity index (χ0v) is 12.2. The third-order valence-electron chi connectivity index (χ3n) is 3.92. The number of nitrogens with one attached hydrogen (secondary N) is 1. The molecule has 20 heavy (non-hydrogen) atoms. The maximum Gasteiger partial charge on any atom is 0.228 e. The Morgan fingerprint density at radius 2 is 2.10 bits per heavy atom. The summed E-state index contributed by atoms with van der Waals surface area (Å²) in [5, 5.41) is 7.80. The van der Waals surface area contributed by atoms with E-state index in [2.05, 4.69) is 10.4 Å². The quantitative estimate of drug-likeness (QED) is 0.944. The fraction of sp³-hybridized carbons (Fsp3) is 0.333. The van der Waals surface area contributed by atoms with E-state index < -0.39 is 0 Å². The molecule has 1 amide bonds. The van der Waals surface area contributed by atoms with Crippen LogP contribution >= 0.6 is 11.6 Å². The van der Waals surface area contributed by atoms with Gasteiger partial charge in [0.2, 0.25) is 5.91 Å². The van der Waals surface area contributed by atoms with Crippen molar-refractivity contribution >= 4 is 23.2 Å². The van der Waals surface area contributed by atoms with Crippen molar-refractivity contribution in [3.63, 3.8) is 0 Å². The van der Waals surface area contributed by atoms with Crippen molar-refractivity contribution in [1.29, 1.82) is 0 Å². The molecule has 1 aromatic carbocycles. The van der Waals surface area contributed by atoms with Crippen molar-refractivity contribution < 1.29 is 4.79 Å². The predicted octanol–water partition coefficient (Wildman–Crippen LogP) is 3.12. The van der Waals surface area contributed by atoms with Gasteiger partial charge in [-0.25, -0.2) is 0 Å². The van der Waals surface area contributed by atoms with Crippen molar-refractivity contribution in [2.24, 2.45) is 13.0 Å². The molecule has 1 aliphatic rings. The summed E-state index contributed by atoms with van der Waals surface area (Å²) in [4.78, 5) is 12.2. The van der Waals surface area contributed by atoms with Gasteiger partial charge in [0.1, 0.15) is 0 Å². The Hall–Kier alpha value is -1.81. The van der Waals surface area contributed by atoms with Gasteiger partial charge in [0.25, 0.3) is 0 Å². The summed E-state index contributed by atoms with van der Waals surface area (Å²) in [5.41, 5.74) is 2.93. The summed E-state index contributed by atoms with van der Waals surface area (Å²) in [6.45, 7) is 1.94. The van der Waals surface area contributed by atoms with E-state index >= 15 is 0 Å². The standard InChI is InChI=1S/C15H16ClN3O/c1-9-14(8-17-19(9)2)18-15(20)13-7-12(13)10-3-5-11(16)6-4-10/h3-6,8,12-13H,7H2,1-2H3,(H,18,20). The Morgan fingerprint density at radius 3 is 2.70 bits per heavy atom. The number of carbonyl (C=O) groups excluding carboxylic acids is 1. The van der Waals surface area contributed by atoms with Gasteiger partial charge in [0.15, 0.2) is 0 Å². The number of anilines is 1. The molecule has 1 N–H and O–H groups in total. The van der Waals surface area contributed by atoms with Crippen LogP contribution in [0.25, 0.3) is 0 Å². The number of hydrogen-bond donors (Lipinski definition) is 1. The number of amides is 1. The summed E-state index contributed by atoms with van der Waals surface area (Å²) in [6, 6.07) is 7.73. The lowest BCUT2D eigenvalue weighted by Gasteiger charge is -2.04. The van der Waals surface area contributed by atoms with Gasteiger partial charge < -0.3 is 5.32 Å². The molecule has 1 saturated carbocycles. The van der Waals surface area contributed by atoms with Gasteiger partial charge in [-0.05, 0) is 37.0 Å². The van der Waals surface area contributed by atoms with Crippen LogP contribution in [0.15, 0.2) is 30.5 Å². The topological polar surface area (TPSA) is 46.9 Å². The molecule has 0 spiro atoms. The van der Waals surface area contributed by atoms with Gasteiger partial charge in [-0.15, -0.1) is 0 Å². The molecule has 0 aliphatic heterocycles. The maximum absolute atomic E-state index is 12.2. The van der Waals surface area contributed by atoms with E-state index in [9.17, 15) is 4.79 Å². The number of halogens is 1. The molecule has 1 heterocycles. The maximum atomic E-state index is 12.2. The van der Waals surface area contributed by atoms with Gasteiger partial charge in [0.05, 0.1) is 17.6 Å². The fourth-order valence-corrected chi connectivity index (χ4v) is 2.54. The highest BCUT2D eigenvalue weighted by atomic mass is 35.5. The van der Waals surface area contributed by atoms with Crippen LogP contribution in [0.2, 0.25) is 5.02 Å². The highest BCUT2D eigenvalue weighted by Gasteiger charge is 2.44. The monoisotopic (exact) mass is 289 g/mol. The molecule has 1 fully saturated rings. The average molecular weight is 290 g/mol. The molecule has 2 unspecified atom stereocenters. The predicted molar refractivity (Wildman–Crippen MR) is 78.9 cm³/mol.